The summed E-state index contributed by atoms with van der Waals surface area (Å²) in [5.41, 5.74) is 8.71. The maximum atomic E-state index is 12.1. The molecule has 0 bridgehead atoms. The monoisotopic (exact) mass is 266 g/mol. The number of H-pyrrole nitrogens is 1. The van der Waals surface area contributed by atoms with Crippen molar-refractivity contribution in [3.8, 4) is 5.75 Å². The van der Waals surface area contributed by atoms with E-state index in [1.54, 1.807) is 30.3 Å². The highest BCUT2D eigenvalue weighted by Crippen LogP contribution is 2.19. The summed E-state index contributed by atoms with van der Waals surface area (Å²) in [6.45, 7) is 2.01. The zero-order chi connectivity index (χ0) is 14.1. The van der Waals surface area contributed by atoms with Gasteiger partial charge in [0.2, 0.25) is 0 Å². The van der Waals surface area contributed by atoms with Gasteiger partial charge >= 0.3 is 5.97 Å². The van der Waals surface area contributed by atoms with Crippen molar-refractivity contribution < 1.29 is 9.53 Å². The molecule has 20 heavy (non-hydrogen) atoms. The number of ether oxygens (including phenoxy) is 1. The zero-order valence-corrected chi connectivity index (χ0v) is 11.0. The molecule has 4 nitrogen and oxygen atoms in total. The summed E-state index contributed by atoms with van der Waals surface area (Å²) in [4.78, 5) is 15.1. The van der Waals surface area contributed by atoms with Crippen LogP contribution in [-0.4, -0.2) is 11.0 Å². The molecule has 0 aliphatic heterocycles. The van der Waals surface area contributed by atoms with E-state index in [1.165, 1.54) is 0 Å². The predicted molar refractivity (Wildman–Crippen MR) is 78.8 cm³/mol. The molecule has 0 saturated heterocycles. The normalized spacial score (nSPS) is 10.7. The van der Waals surface area contributed by atoms with Crippen LogP contribution in [0.1, 0.15) is 16.1 Å². The quantitative estimate of drug-likeness (QED) is 0.425. The maximum absolute atomic E-state index is 12.1. The van der Waals surface area contributed by atoms with Crippen molar-refractivity contribution in [3.05, 3.63) is 59.8 Å². The molecule has 0 aliphatic rings. The summed E-state index contributed by atoms with van der Waals surface area (Å²) in [7, 11) is 0. The summed E-state index contributed by atoms with van der Waals surface area (Å²) >= 11 is 0. The number of hydrogen-bond acceptors (Lipinski definition) is 3. The van der Waals surface area contributed by atoms with Crippen LogP contribution in [0.5, 0.6) is 5.75 Å². The van der Waals surface area contributed by atoms with Crippen LogP contribution in [0, 0.1) is 6.92 Å². The average molecular weight is 266 g/mol. The van der Waals surface area contributed by atoms with E-state index in [-0.39, 0.29) is 0 Å². The van der Waals surface area contributed by atoms with E-state index in [9.17, 15) is 4.79 Å². The summed E-state index contributed by atoms with van der Waals surface area (Å²) < 4.78 is 5.29. The number of hydrogen-bond donors (Lipinski definition) is 2. The SMILES string of the molecule is Cc1ccc2[nH]c(C(=O)Oc3ccc(N)cc3)cc2c1. The van der Waals surface area contributed by atoms with E-state index in [2.05, 4.69) is 4.98 Å². The Bertz CT molecular complexity index is 773. The molecule has 100 valence electrons. The van der Waals surface area contributed by atoms with E-state index >= 15 is 0 Å². The molecular formula is C16H14N2O2. The number of aryl methyl sites for hydroxylation is 1. The third-order valence-electron chi connectivity index (χ3n) is 3.09. The van der Waals surface area contributed by atoms with Crippen molar-refractivity contribution in [2.45, 2.75) is 6.92 Å². The maximum Gasteiger partial charge on any atom is 0.360 e. The van der Waals surface area contributed by atoms with E-state index in [0.717, 1.165) is 16.5 Å². The Kier molecular flexibility index (Phi) is 2.91. The Morgan fingerprint density at radius 3 is 2.60 bits per heavy atom. The van der Waals surface area contributed by atoms with Crippen LogP contribution >= 0.6 is 0 Å². The van der Waals surface area contributed by atoms with Crippen molar-refractivity contribution in [3.63, 3.8) is 0 Å². The van der Waals surface area contributed by atoms with Crippen LogP contribution in [-0.2, 0) is 0 Å². The van der Waals surface area contributed by atoms with Gasteiger partial charge < -0.3 is 15.5 Å². The summed E-state index contributed by atoms with van der Waals surface area (Å²) in [6, 6.07) is 14.5. The Morgan fingerprint density at radius 2 is 1.85 bits per heavy atom. The lowest BCUT2D eigenvalue weighted by molar-refractivity contribution is 0.0729. The van der Waals surface area contributed by atoms with Gasteiger partial charge in [0.15, 0.2) is 0 Å². The summed E-state index contributed by atoms with van der Waals surface area (Å²) in [5, 5.41) is 0.995. The highest BCUT2D eigenvalue weighted by atomic mass is 16.5. The van der Waals surface area contributed by atoms with Crippen LogP contribution in [0.25, 0.3) is 10.9 Å². The Balaban J connectivity index is 1.86. The highest BCUT2D eigenvalue weighted by Gasteiger charge is 2.12. The molecule has 0 fully saturated rings. The minimum absolute atomic E-state index is 0.413. The molecule has 0 atom stereocenters. The molecular weight excluding hydrogens is 252 g/mol. The predicted octanol–water partition coefficient (Wildman–Crippen LogP) is 3.28. The Morgan fingerprint density at radius 1 is 1.10 bits per heavy atom. The van der Waals surface area contributed by atoms with Gasteiger partial charge in [-0.3, -0.25) is 0 Å². The fourth-order valence-corrected chi connectivity index (χ4v) is 2.06. The minimum Gasteiger partial charge on any atom is -0.422 e. The topological polar surface area (TPSA) is 68.1 Å². The first-order chi connectivity index (χ1) is 9.61. The second-order valence-corrected chi connectivity index (χ2v) is 4.73. The lowest BCUT2D eigenvalue weighted by Gasteiger charge is -2.02. The molecule has 1 heterocycles. The average Bonchev–Trinajstić information content (AvgIpc) is 2.84. The van der Waals surface area contributed by atoms with E-state index in [0.29, 0.717) is 17.1 Å². The lowest BCUT2D eigenvalue weighted by atomic mass is 10.2. The molecule has 4 heteroatoms. The number of anilines is 1. The van der Waals surface area contributed by atoms with E-state index in [1.807, 2.05) is 25.1 Å². The molecule has 0 radical (unpaired) electrons. The number of nitrogens with one attached hydrogen (secondary N) is 1. The minimum atomic E-state index is -0.413. The largest absolute Gasteiger partial charge is 0.422 e. The Labute approximate surface area is 116 Å². The first-order valence-corrected chi connectivity index (χ1v) is 6.29. The highest BCUT2D eigenvalue weighted by molar-refractivity contribution is 5.96. The number of esters is 1. The van der Waals surface area contributed by atoms with Crippen LogP contribution in [0.15, 0.2) is 48.5 Å². The van der Waals surface area contributed by atoms with Crippen molar-refractivity contribution in [2.24, 2.45) is 0 Å². The third-order valence-corrected chi connectivity index (χ3v) is 3.09. The van der Waals surface area contributed by atoms with Gasteiger partial charge in [-0.25, -0.2) is 4.79 Å². The fourth-order valence-electron chi connectivity index (χ4n) is 2.06. The number of aromatic nitrogens is 1. The second kappa shape index (κ2) is 4.74. The number of carbonyl (C=O) groups excluding carboxylic acids is 1. The van der Waals surface area contributed by atoms with Crippen LogP contribution in [0.4, 0.5) is 5.69 Å². The van der Waals surface area contributed by atoms with Crippen molar-refractivity contribution >= 4 is 22.6 Å². The van der Waals surface area contributed by atoms with Crippen molar-refractivity contribution in [1.29, 1.82) is 0 Å². The first kappa shape index (κ1) is 12.3. The number of carbonyl (C=O) groups is 1. The fraction of sp³-hybridized carbons (Fsp3) is 0.0625. The zero-order valence-electron chi connectivity index (χ0n) is 11.0. The molecule has 2 aromatic carbocycles. The molecule has 3 N–H and O–H groups in total. The molecule has 0 aliphatic carbocycles. The summed E-state index contributed by atoms with van der Waals surface area (Å²) in [6.07, 6.45) is 0. The van der Waals surface area contributed by atoms with E-state index in [4.69, 9.17) is 10.5 Å². The van der Waals surface area contributed by atoms with Crippen LogP contribution in [0.3, 0.4) is 0 Å². The number of fused-ring (bicyclic) bond motifs is 1. The van der Waals surface area contributed by atoms with Gasteiger partial charge in [0.25, 0.3) is 0 Å². The molecule has 0 unspecified atom stereocenters. The standard InChI is InChI=1S/C16H14N2O2/c1-10-2-7-14-11(8-10)9-15(18-14)16(19)20-13-5-3-12(17)4-6-13/h2-9,18H,17H2,1H3. The first-order valence-electron chi connectivity index (χ1n) is 6.29. The molecule has 3 rings (SSSR count). The molecule has 0 saturated carbocycles. The Hall–Kier alpha value is -2.75. The van der Waals surface area contributed by atoms with Gasteiger partial charge in [-0.2, -0.15) is 0 Å². The van der Waals surface area contributed by atoms with Gasteiger partial charge in [-0.15, -0.1) is 0 Å². The van der Waals surface area contributed by atoms with Gasteiger partial charge in [-0.1, -0.05) is 11.6 Å². The van der Waals surface area contributed by atoms with Gasteiger partial charge in [0.05, 0.1) is 0 Å². The smallest absolute Gasteiger partial charge is 0.360 e. The molecule has 1 aromatic heterocycles. The van der Waals surface area contributed by atoms with Crippen molar-refractivity contribution in [1.82, 2.24) is 4.98 Å². The number of rotatable bonds is 2. The number of benzene rings is 2. The van der Waals surface area contributed by atoms with Gasteiger partial charge in [0.1, 0.15) is 11.4 Å². The van der Waals surface area contributed by atoms with Crippen LogP contribution < -0.4 is 10.5 Å². The number of nitrogens with two attached hydrogens (primary N) is 1. The van der Waals surface area contributed by atoms with Crippen LogP contribution in [0.2, 0.25) is 0 Å². The van der Waals surface area contributed by atoms with Gasteiger partial charge in [-0.05, 0) is 49.4 Å². The molecule has 3 aromatic rings. The number of aromatic amines is 1. The lowest BCUT2D eigenvalue weighted by Crippen LogP contribution is -2.08. The molecule has 0 amide bonds. The van der Waals surface area contributed by atoms with E-state index < -0.39 is 5.97 Å². The second-order valence-electron chi connectivity index (χ2n) is 4.73. The summed E-state index contributed by atoms with van der Waals surface area (Å²) in [5.74, 6) is 0.0580. The third kappa shape index (κ3) is 2.36. The number of nitrogen functional groups attached to an aromatic ring is 1. The molecule has 0 spiro atoms. The van der Waals surface area contributed by atoms with Crippen molar-refractivity contribution in [2.75, 3.05) is 5.73 Å². The van der Waals surface area contributed by atoms with Gasteiger partial charge in [0, 0.05) is 16.6 Å².